The van der Waals surface area contributed by atoms with Gasteiger partial charge in [-0.05, 0) is 24.3 Å². The lowest BCUT2D eigenvalue weighted by Gasteiger charge is -2.09. The highest BCUT2D eigenvalue weighted by Crippen LogP contribution is 2.21. The van der Waals surface area contributed by atoms with Gasteiger partial charge >= 0.3 is 12.1 Å². The Labute approximate surface area is 157 Å². The van der Waals surface area contributed by atoms with Gasteiger partial charge in [-0.1, -0.05) is 35.5 Å². The molecule has 0 unspecified atom stereocenters. The molecule has 2 N–H and O–H groups in total. The van der Waals surface area contributed by atoms with Gasteiger partial charge in [-0.2, -0.15) is 13.2 Å². The summed E-state index contributed by atoms with van der Waals surface area (Å²) in [6, 6.07) is 16.2. The van der Waals surface area contributed by atoms with Gasteiger partial charge in [0, 0.05) is 23.0 Å². The van der Waals surface area contributed by atoms with Crippen LogP contribution < -0.4 is 10.6 Å². The maximum Gasteiger partial charge on any atom is 0.471 e. The number of nitrogens with zero attached hydrogens (tertiary/aromatic N) is 1. The van der Waals surface area contributed by atoms with Crippen LogP contribution in [0.4, 0.5) is 24.5 Å². The first-order chi connectivity index (χ1) is 13.3. The second-order valence-electron chi connectivity index (χ2n) is 5.80. The minimum atomic E-state index is -4.97. The van der Waals surface area contributed by atoms with E-state index in [1.54, 1.807) is 11.4 Å². The summed E-state index contributed by atoms with van der Waals surface area (Å²) in [6.45, 7) is 0. The molecular formula is C19H14F3N3O3. The van der Waals surface area contributed by atoms with Crippen LogP contribution in [0.1, 0.15) is 5.69 Å². The molecule has 2 aromatic carbocycles. The lowest BCUT2D eigenvalue weighted by molar-refractivity contribution is -0.167. The van der Waals surface area contributed by atoms with Crippen LogP contribution in [0.15, 0.2) is 65.2 Å². The quantitative estimate of drug-likeness (QED) is 0.690. The summed E-state index contributed by atoms with van der Waals surface area (Å²) in [5.41, 5.74) is 1.59. The normalized spacial score (nSPS) is 11.1. The standard InChI is InChI=1S/C19H14F3N3O3/c20-19(21,22)18(27)24-14-8-6-13(7-9-14)23-17(26)11-15-10-16(28-25-15)12-4-2-1-3-5-12/h1-10H,11H2,(H,23,26)(H,24,27). The summed E-state index contributed by atoms with van der Waals surface area (Å²) in [5, 5.41) is 8.17. The number of halogens is 3. The zero-order chi connectivity index (χ0) is 20.1. The Morgan fingerprint density at radius 2 is 1.54 bits per heavy atom. The van der Waals surface area contributed by atoms with Crippen LogP contribution in [0.5, 0.6) is 0 Å². The van der Waals surface area contributed by atoms with Gasteiger partial charge in [-0.15, -0.1) is 0 Å². The molecule has 3 aromatic rings. The van der Waals surface area contributed by atoms with E-state index < -0.39 is 12.1 Å². The van der Waals surface area contributed by atoms with Crippen LogP contribution in [0.25, 0.3) is 11.3 Å². The number of rotatable bonds is 5. The molecule has 1 aromatic heterocycles. The zero-order valence-electron chi connectivity index (χ0n) is 14.3. The number of anilines is 2. The molecule has 0 spiro atoms. The Balaban J connectivity index is 1.57. The molecule has 144 valence electrons. The van der Waals surface area contributed by atoms with E-state index >= 15 is 0 Å². The van der Waals surface area contributed by atoms with Gasteiger partial charge in [-0.3, -0.25) is 9.59 Å². The largest absolute Gasteiger partial charge is 0.471 e. The van der Waals surface area contributed by atoms with Gasteiger partial charge in [0.1, 0.15) is 0 Å². The molecule has 0 aliphatic heterocycles. The fourth-order valence-electron chi connectivity index (χ4n) is 2.34. The van der Waals surface area contributed by atoms with E-state index in [0.717, 1.165) is 5.56 Å². The lowest BCUT2D eigenvalue weighted by Crippen LogP contribution is -2.29. The maximum atomic E-state index is 12.2. The van der Waals surface area contributed by atoms with Crippen molar-refractivity contribution in [3.8, 4) is 11.3 Å². The molecule has 0 atom stereocenters. The highest BCUT2D eigenvalue weighted by molar-refractivity contribution is 5.96. The van der Waals surface area contributed by atoms with Gasteiger partial charge in [0.15, 0.2) is 5.76 Å². The van der Waals surface area contributed by atoms with Crippen LogP contribution in [0, 0.1) is 0 Å². The number of amides is 2. The van der Waals surface area contributed by atoms with E-state index in [2.05, 4.69) is 10.5 Å². The second-order valence-corrected chi connectivity index (χ2v) is 5.80. The van der Waals surface area contributed by atoms with Gasteiger partial charge in [0.05, 0.1) is 12.1 Å². The summed E-state index contributed by atoms with van der Waals surface area (Å²) in [7, 11) is 0. The van der Waals surface area contributed by atoms with Crippen molar-refractivity contribution in [2.75, 3.05) is 10.6 Å². The summed E-state index contributed by atoms with van der Waals surface area (Å²) >= 11 is 0. The first kappa shape index (κ1) is 19.2. The van der Waals surface area contributed by atoms with Crippen LogP contribution in [-0.2, 0) is 16.0 Å². The van der Waals surface area contributed by atoms with Gasteiger partial charge in [0.25, 0.3) is 0 Å². The van der Waals surface area contributed by atoms with Gasteiger partial charge in [-0.25, -0.2) is 0 Å². The summed E-state index contributed by atoms with van der Waals surface area (Å²) in [5.74, 6) is -1.90. The van der Waals surface area contributed by atoms with E-state index in [9.17, 15) is 22.8 Å². The molecule has 1 heterocycles. The molecule has 0 bridgehead atoms. The van der Waals surface area contributed by atoms with Crippen LogP contribution in [0.3, 0.4) is 0 Å². The van der Waals surface area contributed by atoms with Crippen molar-refractivity contribution in [3.63, 3.8) is 0 Å². The number of carbonyl (C=O) groups is 2. The number of hydrogen-bond donors (Lipinski definition) is 2. The van der Waals surface area contributed by atoms with Gasteiger partial charge in [0.2, 0.25) is 5.91 Å². The number of alkyl halides is 3. The Morgan fingerprint density at radius 3 is 2.14 bits per heavy atom. The second kappa shape index (κ2) is 7.95. The molecule has 3 rings (SSSR count). The predicted molar refractivity (Wildman–Crippen MR) is 95.4 cm³/mol. The highest BCUT2D eigenvalue weighted by Gasteiger charge is 2.38. The average molecular weight is 389 g/mol. The lowest BCUT2D eigenvalue weighted by atomic mass is 10.1. The third-order valence-electron chi connectivity index (χ3n) is 3.64. The van der Waals surface area contributed by atoms with Crippen LogP contribution in [-0.4, -0.2) is 23.1 Å². The smallest absolute Gasteiger partial charge is 0.356 e. The Hall–Kier alpha value is -3.62. The van der Waals surface area contributed by atoms with E-state index in [-0.39, 0.29) is 18.0 Å². The fraction of sp³-hybridized carbons (Fsp3) is 0.105. The third-order valence-corrected chi connectivity index (χ3v) is 3.64. The Bertz CT molecular complexity index is 967. The van der Waals surface area contributed by atoms with Crippen LogP contribution >= 0.6 is 0 Å². The van der Waals surface area contributed by atoms with Gasteiger partial charge < -0.3 is 15.2 Å². The maximum absolute atomic E-state index is 12.2. The van der Waals surface area contributed by atoms with E-state index in [4.69, 9.17) is 4.52 Å². The summed E-state index contributed by atoms with van der Waals surface area (Å²) in [6.07, 6.45) is -5.01. The predicted octanol–water partition coefficient (Wildman–Crippen LogP) is 4.02. The number of carbonyl (C=O) groups excluding carboxylic acids is 2. The zero-order valence-corrected chi connectivity index (χ0v) is 14.3. The van der Waals surface area contributed by atoms with Crippen molar-refractivity contribution in [1.29, 1.82) is 0 Å². The number of benzene rings is 2. The number of nitrogens with one attached hydrogen (secondary N) is 2. The van der Waals surface area contributed by atoms with Crippen LogP contribution in [0.2, 0.25) is 0 Å². The summed E-state index contributed by atoms with van der Waals surface area (Å²) < 4.78 is 41.9. The van der Waals surface area contributed by atoms with Crippen molar-refractivity contribution in [2.45, 2.75) is 12.6 Å². The minimum Gasteiger partial charge on any atom is -0.356 e. The minimum absolute atomic E-state index is 0.0377. The van der Waals surface area contributed by atoms with E-state index in [1.165, 1.54) is 24.3 Å². The molecule has 28 heavy (non-hydrogen) atoms. The molecule has 6 nitrogen and oxygen atoms in total. The van der Waals surface area contributed by atoms with E-state index in [0.29, 0.717) is 17.1 Å². The van der Waals surface area contributed by atoms with E-state index in [1.807, 2.05) is 30.3 Å². The van der Waals surface area contributed by atoms with Crippen molar-refractivity contribution < 1.29 is 27.3 Å². The van der Waals surface area contributed by atoms with Crippen molar-refractivity contribution in [3.05, 3.63) is 66.4 Å². The molecular weight excluding hydrogens is 375 g/mol. The molecule has 0 radical (unpaired) electrons. The summed E-state index contributed by atoms with van der Waals surface area (Å²) in [4.78, 5) is 23.0. The first-order valence-corrected chi connectivity index (χ1v) is 8.10. The first-order valence-electron chi connectivity index (χ1n) is 8.10. The molecule has 9 heteroatoms. The number of hydrogen-bond acceptors (Lipinski definition) is 4. The SMILES string of the molecule is O=C(Cc1cc(-c2ccccc2)on1)Nc1ccc(NC(=O)C(F)(F)F)cc1. The Morgan fingerprint density at radius 1 is 0.929 bits per heavy atom. The average Bonchev–Trinajstić information content (AvgIpc) is 3.11. The highest BCUT2D eigenvalue weighted by atomic mass is 19.4. The topological polar surface area (TPSA) is 84.2 Å². The fourth-order valence-corrected chi connectivity index (χ4v) is 2.34. The number of aromatic nitrogens is 1. The Kier molecular flexibility index (Phi) is 5.44. The molecule has 0 saturated heterocycles. The third kappa shape index (κ3) is 4.97. The monoisotopic (exact) mass is 389 g/mol. The molecule has 0 aliphatic rings. The van der Waals surface area contributed by atoms with Crippen molar-refractivity contribution in [2.24, 2.45) is 0 Å². The molecule has 0 aliphatic carbocycles. The molecule has 2 amide bonds. The molecule has 0 saturated carbocycles. The van der Waals surface area contributed by atoms with Crippen molar-refractivity contribution >= 4 is 23.2 Å². The molecule has 0 fully saturated rings. The van der Waals surface area contributed by atoms with Crippen molar-refractivity contribution in [1.82, 2.24) is 5.16 Å².